The van der Waals surface area contributed by atoms with E-state index in [9.17, 15) is 18.0 Å². The maximum absolute atomic E-state index is 12.1. The van der Waals surface area contributed by atoms with Gasteiger partial charge in [-0.1, -0.05) is 6.92 Å². The molecule has 0 rings (SSSR count). The topological polar surface area (TPSA) is 47.6 Å². The monoisotopic (exact) mass is 299 g/mol. The maximum Gasteiger partial charge on any atom is 0.411 e. The number of halogens is 3. The Balaban J connectivity index is 4.58. The molecule has 0 aromatic carbocycles. The normalized spacial score (nSPS) is 16.6. The first-order chi connectivity index (χ1) is 9.14. The second-order valence-corrected chi connectivity index (χ2v) is 4.92. The molecule has 1 N–H and O–H groups in total. The standard InChI is InChI=1S/C13H24F3NO3/c1-5-7-17-12(4,11(18)19-6-2)8-10(3)20-9-13(14,15)16/h10,17H,5-9H2,1-4H3. The van der Waals surface area contributed by atoms with Gasteiger partial charge in [0.05, 0.1) is 12.7 Å². The van der Waals surface area contributed by atoms with E-state index in [1.54, 1.807) is 13.8 Å². The van der Waals surface area contributed by atoms with Crippen molar-refractivity contribution in [1.82, 2.24) is 5.32 Å². The van der Waals surface area contributed by atoms with E-state index < -0.39 is 30.4 Å². The highest BCUT2D eigenvalue weighted by atomic mass is 19.4. The molecule has 0 aliphatic heterocycles. The first-order valence-electron chi connectivity index (χ1n) is 6.75. The van der Waals surface area contributed by atoms with Gasteiger partial charge < -0.3 is 14.8 Å². The highest BCUT2D eigenvalue weighted by molar-refractivity contribution is 5.80. The first-order valence-corrected chi connectivity index (χ1v) is 6.75. The number of alkyl halides is 3. The van der Waals surface area contributed by atoms with Crippen LogP contribution in [0.2, 0.25) is 0 Å². The van der Waals surface area contributed by atoms with Crippen molar-refractivity contribution in [3.63, 3.8) is 0 Å². The smallest absolute Gasteiger partial charge is 0.411 e. The molecule has 0 radical (unpaired) electrons. The Morgan fingerprint density at radius 1 is 1.30 bits per heavy atom. The number of ether oxygens (including phenoxy) is 2. The van der Waals surface area contributed by atoms with Crippen molar-refractivity contribution < 1.29 is 27.4 Å². The van der Waals surface area contributed by atoms with Gasteiger partial charge in [-0.05, 0) is 33.7 Å². The van der Waals surface area contributed by atoms with Crippen molar-refractivity contribution in [2.75, 3.05) is 19.8 Å². The van der Waals surface area contributed by atoms with Crippen LogP contribution in [-0.2, 0) is 14.3 Å². The van der Waals surface area contributed by atoms with Crippen LogP contribution in [0.4, 0.5) is 13.2 Å². The molecule has 0 amide bonds. The number of rotatable bonds is 9. The predicted octanol–water partition coefficient (Wildman–Crippen LogP) is 2.67. The maximum atomic E-state index is 12.1. The summed E-state index contributed by atoms with van der Waals surface area (Å²) in [6, 6.07) is 0. The Hall–Kier alpha value is -0.820. The molecular formula is C13H24F3NO3. The van der Waals surface area contributed by atoms with Crippen molar-refractivity contribution in [1.29, 1.82) is 0 Å². The van der Waals surface area contributed by atoms with E-state index >= 15 is 0 Å². The van der Waals surface area contributed by atoms with Gasteiger partial charge in [0.25, 0.3) is 0 Å². The Morgan fingerprint density at radius 2 is 1.90 bits per heavy atom. The summed E-state index contributed by atoms with van der Waals surface area (Å²) in [4.78, 5) is 11.9. The fraction of sp³-hybridized carbons (Fsp3) is 0.923. The second-order valence-electron chi connectivity index (χ2n) is 4.92. The third-order valence-corrected chi connectivity index (χ3v) is 2.72. The molecule has 7 heteroatoms. The minimum Gasteiger partial charge on any atom is -0.465 e. The van der Waals surface area contributed by atoms with Gasteiger partial charge in [0, 0.05) is 6.42 Å². The zero-order chi connectivity index (χ0) is 15.8. The minimum atomic E-state index is -4.37. The van der Waals surface area contributed by atoms with Crippen LogP contribution < -0.4 is 5.32 Å². The molecule has 4 nitrogen and oxygen atoms in total. The zero-order valence-electron chi connectivity index (χ0n) is 12.5. The first kappa shape index (κ1) is 19.2. The Kier molecular flexibility index (Phi) is 8.12. The molecule has 0 fully saturated rings. The average molecular weight is 299 g/mol. The Labute approximate surface area is 118 Å². The Bertz CT molecular complexity index is 297. The number of hydrogen-bond donors (Lipinski definition) is 1. The van der Waals surface area contributed by atoms with Crippen molar-refractivity contribution in [3.8, 4) is 0 Å². The van der Waals surface area contributed by atoms with Crippen LogP contribution in [0.3, 0.4) is 0 Å². The lowest BCUT2D eigenvalue weighted by atomic mass is 9.94. The van der Waals surface area contributed by atoms with E-state index in [-0.39, 0.29) is 13.0 Å². The van der Waals surface area contributed by atoms with Gasteiger partial charge in [-0.15, -0.1) is 0 Å². The average Bonchev–Trinajstić information content (AvgIpc) is 2.33. The lowest BCUT2D eigenvalue weighted by Gasteiger charge is -2.31. The molecule has 120 valence electrons. The predicted molar refractivity (Wildman–Crippen MR) is 69.4 cm³/mol. The van der Waals surface area contributed by atoms with Crippen molar-refractivity contribution in [2.45, 2.75) is 58.4 Å². The van der Waals surface area contributed by atoms with Crippen LogP contribution in [0.1, 0.15) is 40.5 Å². The molecule has 0 aromatic heterocycles. The number of esters is 1. The highest BCUT2D eigenvalue weighted by Gasteiger charge is 2.37. The molecule has 0 saturated carbocycles. The van der Waals surface area contributed by atoms with Gasteiger partial charge in [-0.3, -0.25) is 4.79 Å². The lowest BCUT2D eigenvalue weighted by Crippen LogP contribution is -2.52. The molecule has 0 aliphatic carbocycles. The number of nitrogens with one attached hydrogen (secondary N) is 1. The van der Waals surface area contributed by atoms with Crippen LogP contribution in [0, 0.1) is 0 Å². The number of carbonyl (C=O) groups excluding carboxylic acids is 1. The molecule has 0 heterocycles. The van der Waals surface area contributed by atoms with Gasteiger partial charge >= 0.3 is 12.1 Å². The van der Waals surface area contributed by atoms with E-state index in [4.69, 9.17) is 9.47 Å². The van der Waals surface area contributed by atoms with E-state index in [1.165, 1.54) is 6.92 Å². The largest absolute Gasteiger partial charge is 0.465 e. The molecule has 0 aromatic rings. The summed E-state index contributed by atoms with van der Waals surface area (Å²) in [5, 5.41) is 3.02. The van der Waals surface area contributed by atoms with Crippen LogP contribution in [0.5, 0.6) is 0 Å². The van der Waals surface area contributed by atoms with Crippen LogP contribution >= 0.6 is 0 Å². The van der Waals surface area contributed by atoms with E-state index in [0.29, 0.717) is 6.54 Å². The van der Waals surface area contributed by atoms with Crippen molar-refractivity contribution in [2.24, 2.45) is 0 Å². The van der Waals surface area contributed by atoms with E-state index in [2.05, 4.69) is 5.32 Å². The molecule has 20 heavy (non-hydrogen) atoms. The summed E-state index contributed by atoms with van der Waals surface area (Å²) >= 11 is 0. The third kappa shape index (κ3) is 7.69. The van der Waals surface area contributed by atoms with Gasteiger partial charge in [-0.25, -0.2) is 0 Å². The number of hydrogen-bond acceptors (Lipinski definition) is 4. The summed E-state index contributed by atoms with van der Waals surface area (Å²) < 4.78 is 46.0. The summed E-state index contributed by atoms with van der Waals surface area (Å²) in [7, 11) is 0. The molecular weight excluding hydrogens is 275 g/mol. The molecule has 0 aliphatic rings. The summed E-state index contributed by atoms with van der Waals surface area (Å²) in [5.74, 6) is -0.476. The summed E-state index contributed by atoms with van der Waals surface area (Å²) in [6.07, 6.45) is -4.17. The van der Waals surface area contributed by atoms with Crippen LogP contribution in [0.15, 0.2) is 0 Å². The van der Waals surface area contributed by atoms with Crippen molar-refractivity contribution >= 4 is 5.97 Å². The molecule has 0 spiro atoms. The molecule has 0 bridgehead atoms. The quantitative estimate of drug-likeness (QED) is 0.665. The van der Waals surface area contributed by atoms with Gasteiger partial charge in [0.1, 0.15) is 12.1 Å². The van der Waals surface area contributed by atoms with E-state index in [1.807, 2.05) is 6.92 Å². The zero-order valence-corrected chi connectivity index (χ0v) is 12.5. The fourth-order valence-electron chi connectivity index (χ4n) is 1.79. The van der Waals surface area contributed by atoms with Gasteiger partial charge in [-0.2, -0.15) is 13.2 Å². The molecule has 2 unspecified atom stereocenters. The van der Waals surface area contributed by atoms with Crippen molar-refractivity contribution in [3.05, 3.63) is 0 Å². The third-order valence-electron chi connectivity index (χ3n) is 2.72. The highest BCUT2D eigenvalue weighted by Crippen LogP contribution is 2.20. The molecule has 2 atom stereocenters. The number of carbonyl (C=O) groups is 1. The summed E-state index contributed by atoms with van der Waals surface area (Å²) in [5.41, 5.74) is -1.04. The molecule has 0 saturated heterocycles. The second kappa shape index (κ2) is 8.46. The van der Waals surface area contributed by atoms with Gasteiger partial charge in [0.2, 0.25) is 0 Å². The Morgan fingerprint density at radius 3 is 2.35 bits per heavy atom. The SMILES string of the molecule is CCCNC(C)(CC(C)OCC(F)(F)F)C(=O)OCC. The summed E-state index contributed by atoms with van der Waals surface area (Å²) in [6.45, 7) is 6.22. The van der Waals surface area contributed by atoms with Gasteiger partial charge in [0.15, 0.2) is 0 Å². The lowest BCUT2D eigenvalue weighted by molar-refractivity contribution is -0.186. The van der Waals surface area contributed by atoms with Crippen LogP contribution in [-0.4, -0.2) is 43.5 Å². The van der Waals surface area contributed by atoms with Crippen LogP contribution in [0.25, 0.3) is 0 Å². The fourth-order valence-corrected chi connectivity index (χ4v) is 1.79. The van der Waals surface area contributed by atoms with E-state index in [0.717, 1.165) is 6.42 Å². The minimum absolute atomic E-state index is 0.113.